The third-order valence-electron chi connectivity index (χ3n) is 4.16. The van der Waals surface area contributed by atoms with Crippen molar-refractivity contribution in [3.8, 4) is 22.6 Å². The van der Waals surface area contributed by atoms with Gasteiger partial charge in [0.25, 0.3) is 0 Å². The Kier molecular flexibility index (Phi) is 5.64. The Morgan fingerprint density at radius 2 is 1.62 bits per heavy atom. The molecule has 3 aromatic carbocycles. The fraction of sp³-hybridized carbons (Fsp3) is 0.136. The number of hydrogen-bond donors (Lipinski definition) is 0. The van der Waals surface area contributed by atoms with Crippen LogP contribution in [0.3, 0.4) is 0 Å². The first-order valence-corrected chi connectivity index (χ1v) is 9.94. The molecule has 1 unspecified atom stereocenters. The van der Waals surface area contributed by atoms with Gasteiger partial charge in [-0.25, -0.2) is 4.21 Å². The molecule has 0 aliphatic carbocycles. The largest absolute Gasteiger partial charge is 0.457 e. The van der Waals surface area contributed by atoms with Crippen LogP contribution >= 0.6 is 0 Å². The molecule has 132 valence electrons. The zero-order valence-corrected chi connectivity index (χ0v) is 15.8. The summed E-state index contributed by atoms with van der Waals surface area (Å²) in [6.45, 7) is 6.39. The highest BCUT2D eigenvalue weighted by Gasteiger charge is 2.12. The Morgan fingerprint density at radius 1 is 0.962 bits per heavy atom. The normalized spacial score (nSPS) is 11.8. The maximum atomic E-state index is 11.8. The van der Waals surface area contributed by atoms with Crippen LogP contribution in [0.25, 0.3) is 11.1 Å². The van der Waals surface area contributed by atoms with E-state index in [9.17, 15) is 4.21 Å². The topological polar surface area (TPSA) is 29.5 Å². The number of para-hydroxylation sites is 1. The Bertz CT molecular complexity index is 892. The quantitative estimate of drug-likeness (QED) is 0.549. The summed E-state index contributed by atoms with van der Waals surface area (Å²) in [5.41, 5.74) is 4.31. The molecule has 0 spiro atoms. The number of anilines is 1. The predicted octanol–water partition coefficient (Wildman–Crippen LogP) is 5.39. The Balaban J connectivity index is 1.82. The van der Waals surface area contributed by atoms with Crippen LogP contribution in [-0.4, -0.2) is 17.0 Å². The number of benzene rings is 3. The molecule has 0 amide bonds. The summed E-state index contributed by atoms with van der Waals surface area (Å²) in [6, 6.07) is 23.9. The summed E-state index contributed by atoms with van der Waals surface area (Å²) in [4.78, 5) is 0. The van der Waals surface area contributed by atoms with E-state index in [2.05, 4.69) is 38.1 Å². The molecule has 3 nitrogen and oxygen atoms in total. The first-order valence-electron chi connectivity index (χ1n) is 8.43. The third-order valence-corrected chi connectivity index (χ3v) is 5.17. The van der Waals surface area contributed by atoms with Gasteiger partial charge in [0.1, 0.15) is 22.5 Å². The number of aryl methyl sites for hydroxylation is 1. The van der Waals surface area contributed by atoms with Gasteiger partial charge in [0.2, 0.25) is 0 Å². The first-order chi connectivity index (χ1) is 12.6. The molecule has 0 bridgehead atoms. The molecule has 3 rings (SSSR count). The van der Waals surface area contributed by atoms with Gasteiger partial charge in [0.15, 0.2) is 6.54 Å². The zero-order valence-electron chi connectivity index (χ0n) is 15.0. The molecular weight excluding hydrogens is 342 g/mol. The Morgan fingerprint density at radius 3 is 2.19 bits per heavy atom. The molecule has 0 saturated heterocycles. The van der Waals surface area contributed by atoms with Crippen molar-refractivity contribution >= 4 is 16.7 Å². The minimum absolute atomic E-state index is 0.466. The molecule has 0 radical (unpaired) electrons. The van der Waals surface area contributed by atoms with Crippen molar-refractivity contribution in [1.82, 2.24) is 0 Å². The molecule has 1 atom stereocenters. The van der Waals surface area contributed by atoms with Crippen molar-refractivity contribution < 1.29 is 8.95 Å². The summed E-state index contributed by atoms with van der Waals surface area (Å²) in [5.74, 6) is 1.63. The lowest BCUT2D eigenvalue weighted by Gasteiger charge is -2.18. The van der Waals surface area contributed by atoms with Crippen molar-refractivity contribution in [2.24, 2.45) is 0 Å². The van der Waals surface area contributed by atoms with Crippen LogP contribution in [0.1, 0.15) is 5.56 Å². The lowest BCUT2D eigenvalue weighted by Crippen LogP contribution is -2.24. The number of ether oxygens (including phenoxy) is 1. The van der Waals surface area contributed by atoms with E-state index >= 15 is 0 Å². The zero-order chi connectivity index (χ0) is 18.5. The Hall–Kier alpha value is -2.72. The van der Waals surface area contributed by atoms with Crippen LogP contribution in [0.5, 0.6) is 11.5 Å². The molecule has 4 heteroatoms. The van der Waals surface area contributed by atoms with E-state index in [1.807, 2.05) is 48.5 Å². The minimum atomic E-state index is -1.08. The fourth-order valence-electron chi connectivity index (χ4n) is 2.86. The second kappa shape index (κ2) is 8.11. The van der Waals surface area contributed by atoms with Crippen LogP contribution in [-0.2, 0) is 11.0 Å². The molecule has 0 aromatic heterocycles. The molecule has 0 fully saturated rings. The summed E-state index contributed by atoms with van der Waals surface area (Å²) >= 11 is 0. The monoisotopic (exact) mass is 364 g/mol. The highest BCUT2D eigenvalue weighted by Crippen LogP contribution is 2.30. The average Bonchev–Trinajstić information content (AvgIpc) is 2.64. The highest BCUT2D eigenvalue weighted by molar-refractivity contribution is 7.85. The molecule has 0 saturated carbocycles. The lowest BCUT2D eigenvalue weighted by molar-refractivity contribution is 0.483. The van der Waals surface area contributed by atoms with Crippen LogP contribution in [0.15, 0.2) is 72.8 Å². The van der Waals surface area contributed by atoms with Gasteiger partial charge in [0, 0.05) is 6.26 Å². The smallest absolute Gasteiger partial charge is 0.169 e. The molecule has 0 aliphatic rings. The van der Waals surface area contributed by atoms with E-state index in [1.54, 1.807) is 10.6 Å². The second-order valence-electron chi connectivity index (χ2n) is 5.96. The van der Waals surface area contributed by atoms with E-state index < -0.39 is 11.0 Å². The minimum Gasteiger partial charge on any atom is -0.457 e. The molecule has 0 heterocycles. The van der Waals surface area contributed by atoms with Gasteiger partial charge < -0.3 is 4.74 Å². The van der Waals surface area contributed by atoms with Crippen LogP contribution in [0.4, 0.5) is 5.69 Å². The summed E-state index contributed by atoms with van der Waals surface area (Å²) in [6.07, 6.45) is 1.67. The van der Waals surface area contributed by atoms with Gasteiger partial charge in [-0.2, -0.15) is 0 Å². The molecule has 0 N–H and O–H groups in total. The van der Waals surface area contributed by atoms with Crippen molar-refractivity contribution in [2.45, 2.75) is 6.92 Å². The SMILES string of the molecule is [CH2+]CN(c1ccc(-c2ccc(Oc3ccccc3)cc2)c(C)c1)S(C)=O. The standard InChI is InChI=1S/C22H22NO2S/c1-4-23(26(3)24)19-12-15-22(17(2)16-19)18-10-13-21(14-11-18)25-20-8-6-5-7-9-20/h5-16H,1,4H2,2-3H3/q+1. The summed E-state index contributed by atoms with van der Waals surface area (Å²) in [7, 11) is -1.08. The number of nitrogens with zero attached hydrogens (tertiary/aromatic N) is 1. The highest BCUT2D eigenvalue weighted by atomic mass is 32.2. The summed E-state index contributed by atoms with van der Waals surface area (Å²) in [5, 5.41) is 0. The maximum Gasteiger partial charge on any atom is 0.169 e. The van der Waals surface area contributed by atoms with Crippen LogP contribution in [0.2, 0.25) is 0 Å². The number of rotatable bonds is 6. The number of hydrogen-bond acceptors (Lipinski definition) is 2. The molecule has 0 aliphatic heterocycles. The molecular formula is C22H22NO2S+. The Labute approximate surface area is 157 Å². The van der Waals surface area contributed by atoms with E-state index in [0.717, 1.165) is 33.9 Å². The van der Waals surface area contributed by atoms with Gasteiger partial charge in [-0.05, 0) is 60.0 Å². The van der Waals surface area contributed by atoms with Crippen molar-refractivity contribution in [3.63, 3.8) is 0 Å². The molecule has 26 heavy (non-hydrogen) atoms. The maximum absolute atomic E-state index is 11.8. The third kappa shape index (κ3) is 4.09. The van der Waals surface area contributed by atoms with Crippen LogP contribution in [0, 0.1) is 13.8 Å². The van der Waals surface area contributed by atoms with Gasteiger partial charge in [0.05, 0.1) is 12.6 Å². The van der Waals surface area contributed by atoms with E-state index in [1.165, 1.54) is 0 Å². The predicted molar refractivity (Wildman–Crippen MR) is 110 cm³/mol. The van der Waals surface area contributed by atoms with E-state index in [4.69, 9.17) is 4.74 Å². The van der Waals surface area contributed by atoms with Gasteiger partial charge in [-0.3, -0.25) is 4.31 Å². The van der Waals surface area contributed by atoms with E-state index in [-0.39, 0.29) is 0 Å². The van der Waals surface area contributed by atoms with Crippen molar-refractivity contribution in [1.29, 1.82) is 0 Å². The van der Waals surface area contributed by atoms with Gasteiger partial charge in [-0.1, -0.05) is 36.4 Å². The van der Waals surface area contributed by atoms with E-state index in [0.29, 0.717) is 6.54 Å². The lowest BCUT2D eigenvalue weighted by atomic mass is 10.00. The van der Waals surface area contributed by atoms with Gasteiger partial charge in [-0.15, -0.1) is 0 Å². The van der Waals surface area contributed by atoms with Crippen molar-refractivity contribution in [2.75, 3.05) is 17.1 Å². The second-order valence-corrected chi connectivity index (χ2v) is 7.25. The average molecular weight is 364 g/mol. The first kappa shape index (κ1) is 18.1. The summed E-state index contributed by atoms with van der Waals surface area (Å²) < 4.78 is 19.4. The molecule has 3 aromatic rings. The fourth-order valence-corrected chi connectivity index (χ4v) is 3.53. The van der Waals surface area contributed by atoms with Crippen LogP contribution < -0.4 is 9.04 Å². The van der Waals surface area contributed by atoms with Crippen molar-refractivity contribution in [3.05, 3.63) is 85.3 Å². The van der Waals surface area contributed by atoms with Gasteiger partial charge >= 0.3 is 0 Å².